The van der Waals surface area contributed by atoms with E-state index in [0.717, 1.165) is 0 Å². The minimum Gasteiger partial charge on any atom is -0.308 e. The van der Waals surface area contributed by atoms with Gasteiger partial charge in [-0.15, -0.1) is 0 Å². The number of hydrogen-bond donors (Lipinski definition) is 2. The van der Waals surface area contributed by atoms with Gasteiger partial charge in [0.2, 0.25) is 5.91 Å². The van der Waals surface area contributed by atoms with Crippen molar-refractivity contribution < 1.29 is 9.59 Å². The third kappa shape index (κ3) is 4.05. The van der Waals surface area contributed by atoms with Crippen LogP contribution >= 0.6 is 0 Å². The molecule has 0 atom stereocenters. The summed E-state index contributed by atoms with van der Waals surface area (Å²) in [5.41, 5.74) is 0.658. The molecular weight excluding hydrogens is 322 g/mol. The zero-order valence-electron chi connectivity index (χ0n) is 13.2. The monoisotopic (exact) mass is 337 g/mol. The first-order chi connectivity index (χ1) is 12.1. The summed E-state index contributed by atoms with van der Waals surface area (Å²) in [6.45, 7) is 0.112. The molecule has 0 aliphatic heterocycles. The number of rotatable bonds is 4. The molecule has 0 bridgehead atoms. The average Bonchev–Trinajstić information content (AvgIpc) is 2.62. The van der Waals surface area contributed by atoms with Crippen LogP contribution in [0.3, 0.4) is 0 Å². The maximum Gasteiger partial charge on any atom is 0.325 e. The second kappa shape index (κ2) is 7.35. The molecule has 8 heteroatoms. The lowest BCUT2D eigenvalue weighted by molar-refractivity contribution is -0.120. The van der Waals surface area contributed by atoms with E-state index >= 15 is 0 Å². The van der Waals surface area contributed by atoms with Crippen molar-refractivity contribution in [2.24, 2.45) is 0 Å². The van der Waals surface area contributed by atoms with Crippen LogP contribution in [0, 0.1) is 0 Å². The molecule has 0 aliphatic rings. The van der Waals surface area contributed by atoms with Gasteiger partial charge in [0.1, 0.15) is 0 Å². The number of urea groups is 1. The average molecular weight is 337 g/mol. The summed E-state index contributed by atoms with van der Waals surface area (Å²) < 4.78 is 1.32. The molecule has 0 saturated heterocycles. The maximum absolute atomic E-state index is 12.3. The van der Waals surface area contributed by atoms with Crippen molar-refractivity contribution in [3.63, 3.8) is 0 Å². The SMILES string of the molecule is O=C(CCn1cnc2ncccc2c1=O)NC(=O)Nc1ccccc1. The van der Waals surface area contributed by atoms with Crippen molar-refractivity contribution in [2.45, 2.75) is 13.0 Å². The van der Waals surface area contributed by atoms with Gasteiger partial charge in [-0.05, 0) is 24.3 Å². The number of para-hydroxylation sites is 1. The molecule has 3 rings (SSSR count). The quantitative estimate of drug-likeness (QED) is 0.751. The van der Waals surface area contributed by atoms with Crippen LogP contribution < -0.4 is 16.2 Å². The molecule has 0 spiro atoms. The zero-order chi connectivity index (χ0) is 17.6. The molecule has 2 heterocycles. The Morgan fingerprint density at radius 1 is 1.04 bits per heavy atom. The van der Waals surface area contributed by atoms with Gasteiger partial charge in [0.15, 0.2) is 5.65 Å². The molecule has 3 aromatic rings. The van der Waals surface area contributed by atoms with E-state index in [4.69, 9.17) is 0 Å². The summed E-state index contributed by atoms with van der Waals surface area (Å²) in [6, 6.07) is 11.4. The van der Waals surface area contributed by atoms with Crippen molar-refractivity contribution in [1.29, 1.82) is 0 Å². The van der Waals surface area contributed by atoms with Crippen molar-refractivity contribution in [3.8, 4) is 0 Å². The Kier molecular flexibility index (Phi) is 4.79. The Morgan fingerprint density at radius 3 is 2.64 bits per heavy atom. The molecular formula is C17H15N5O3. The number of pyridine rings is 1. The van der Waals surface area contributed by atoms with Gasteiger partial charge in [-0.2, -0.15) is 0 Å². The van der Waals surface area contributed by atoms with Crippen LogP contribution in [-0.2, 0) is 11.3 Å². The molecule has 0 unspecified atom stereocenters. The van der Waals surface area contributed by atoms with Gasteiger partial charge in [-0.3, -0.25) is 19.5 Å². The predicted molar refractivity (Wildman–Crippen MR) is 92.0 cm³/mol. The molecule has 1 aromatic carbocycles. The number of nitrogens with one attached hydrogen (secondary N) is 2. The number of benzene rings is 1. The van der Waals surface area contributed by atoms with Gasteiger partial charge in [-0.1, -0.05) is 18.2 Å². The third-order valence-electron chi connectivity index (χ3n) is 3.46. The van der Waals surface area contributed by atoms with Crippen LogP contribution in [0.15, 0.2) is 59.8 Å². The molecule has 25 heavy (non-hydrogen) atoms. The van der Waals surface area contributed by atoms with E-state index in [0.29, 0.717) is 16.7 Å². The van der Waals surface area contributed by atoms with Crippen LogP contribution in [0.4, 0.5) is 10.5 Å². The van der Waals surface area contributed by atoms with Crippen LogP contribution in [0.1, 0.15) is 6.42 Å². The highest BCUT2D eigenvalue weighted by Crippen LogP contribution is 2.04. The van der Waals surface area contributed by atoms with Gasteiger partial charge in [0.05, 0.1) is 11.7 Å². The third-order valence-corrected chi connectivity index (χ3v) is 3.46. The number of aromatic nitrogens is 3. The second-order valence-corrected chi connectivity index (χ2v) is 5.24. The van der Waals surface area contributed by atoms with Crippen molar-refractivity contribution in [1.82, 2.24) is 19.9 Å². The van der Waals surface area contributed by atoms with E-state index in [1.165, 1.54) is 10.9 Å². The largest absolute Gasteiger partial charge is 0.325 e. The maximum atomic E-state index is 12.3. The minimum atomic E-state index is -0.621. The summed E-state index contributed by atoms with van der Waals surface area (Å²) in [4.78, 5) is 44.0. The van der Waals surface area contributed by atoms with E-state index in [-0.39, 0.29) is 18.5 Å². The van der Waals surface area contributed by atoms with Crippen LogP contribution in [0.2, 0.25) is 0 Å². The summed E-state index contributed by atoms with van der Waals surface area (Å²) in [7, 11) is 0. The Balaban J connectivity index is 1.58. The summed E-state index contributed by atoms with van der Waals surface area (Å²) in [5, 5.41) is 5.15. The number of aryl methyl sites for hydroxylation is 1. The summed E-state index contributed by atoms with van der Waals surface area (Å²) in [6.07, 6.45) is 2.86. The molecule has 126 valence electrons. The van der Waals surface area contributed by atoms with E-state index in [2.05, 4.69) is 20.6 Å². The van der Waals surface area contributed by atoms with Crippen LogP contribution in [-0.4, -0.2) is 26.5 Å². The lowest BCUT2D eigenvalue weighted by Crippen LogP contribution is -2.35. The van der Waals surface area contributed by atoms with Crippen LogP contribution in [0.25, 0.3) is 11.0 Å². The number of nitrogens with zero attached hydrogens (tertiary/aromatic N) is 3. The first-order valence-electron chi connectivity index (χ1n) is 7.59. The number of amides is 3. The Bertz CT molecular complexity index is 969. The first-order valence-corrected chi connectivity index (χ1v) is 7.59. The fourth-order valence-electron chi connectivity index (χ4n) is 2.25. The summed E-state index contributed by atoms with van der Waals surface area (Å²) >= 11 is 0. The van der Waals surface area contributed by atoms with E-state index < -0.39 is 11.9 Å². The van der Waals surface area contributed by atoms with Gasteiger partial charge >= 0.3 is 6.03 Å². The van der Waals surface area contributed by atoms with E-state index in [1.807, 2.05) is 6.07 Å². The molecule has 0 saturated carbocycles. The van der Waals surface area contributed by atoms with Gasteiger partial charge in [0, 0.05) is 24.8 Å². The normalized spacial score (nSPS) is 10.4. The summed E-state index contributed by atoms with van der Waals surface area (Å²) in [5.74, 6) is -0.494. The number of hydrogen-bond acceptors (Lipinski definition) is 5. The molecule has 3 amide bonds. The first kappa shape index (κ1) is 16.3. The molecule has 8 nitrogen and oxygen atoms in total. The lowest BCUT2D eigenvalue weighted by atomic mass is 10.3. The van der Waals surface area contributed by atoms with E-state index in [9.17, 15) is 14.4 Å². The Morgan fingerprint density at radius 2 is 1.84 bits per heavy atom. The van der Waals surface area contributed by atoms with Crippen molar-refractivity contribution >= 4 is 28.7 Å². The lowest BCUT2D eigenvalue weighted by Gasteiger charge is -2.08. The minimum absolute atomic E-state index is 0.0322. The number of fused-ring (bicyclic) bond motifs is 1. The van der Waals surface area contributed by atoms with Crippen LogP contribution in [0.5, 0.6) is 0 Å². The number of carbonyl (C=O) groups excluding carboxylic acids is 2. The van der Waals surface area contributed by atoms with Gasteiger partial charge in [0.25, 0.3) is 5.56 Å². The second-order valence-electron chi connectivity index (χ2n) is 5.24. The number of carbonyl (C=O) groups is 2. The highest BCUT2D eigenvalue weighted by atomic mass is 16.2. The fraction of sp³-hybridized carbons (Fsp3) is 0.118. The fourth-order valence-corrected chi connectivity index (χ4v) is 2.25. The van der Waals surface area contributed by atoms with Crippen molar-refractivity contribution in [3.05, 3.63) is 65.3 Å². The molecule has 2 N–H and O–H groups in total. The highest BCUT2D eigenvalue weighted by molar-refractivity contribution is 6.01. The molecule has 0 fully saturated rings. The van der Waals surface area contributed by atoms with Crippen molar-refractivity contribution in [2.75, 3.05) is 5.32 Å². The highest BCUT2D eigenvalue weighted by Gasteiger charge is 2.10. The molecule has 0 aliphatic carbocycles. The van der Waals surface area contributed by atoms with E-state index in [1.54, 1.807) is 42.6 Å². The number of anilines is 1. The van der Waals surface area contributed by atoms with Gasteiger partial charge in [-0.25, -0.2) is 14.8 Å². The number of imide groups is 1. The Hall–Kier alpha value is -3.55. The standard InChI is InChI=1S/C17H15N5O3/c23-14(21-17(25)20-12-5-2-1-3-6-12)8-10-22-11-19-15-13(16(22)24)7-4-9-18-15/h1-7,9,11H,8,10H2,(H2,20,21,23,25). The predicted octanol–water partition coefficient (Wildman–Crippen LogP) is 1.53. The topological polar surface area (TPSA) is 106 Å². The smallest absolute Gasteiger partial charge is 0.308 e. The Labute approximate surface area is 142 Å². The zero-order valence-corrected chi connectivity index (χ0v) is 13.2. The molecule has 0 radical (unpaired) electrons. The van der Waals surface area contributed by atoms with Gasteiger partial charge < -0.3 is 5.32 Å². The molecule has 2 aromatic heterocycles.